The second kappa shape index (κ2) is 8.66. The van der Waals surface area contributed by atoms with E-state index in [1.54, 1.807) is 37.6 Å². The van der Waals surface area contributed by atoms with Crippen LogP contribution in [-0.2, 0) is 11.3 Å². The predicted molar refractivity (Wildman–Crippen MR) is 101 cm³/mol. The number of rotatable bonds is 7. The number of nitrogens with one attached hydrogen (secondary N) is 1. The zero-order valence-corrected chi connectivity index (χ0v) is 14.8. The standard InChI is InChI=1S/C20H19N3O4/c1-26-16-7-4-15(5-8-16)6-10-19(24)21-12-13-23-20(25)11-9-17(22-23)18-3-2-14-27-18/h2-11,14H,12-13H2,1H3,(H,21,24)/b10-6+. The van der Waals surface area contributed by atoms with Gasteiger partial charge >= 0.3 is 0 Å². The van der Waals surface area contributed by atoms with Crippen LogP contribution in [0.15, 0.2) is 70.1 Å². The Hall–Kier alpha value is -3.61. The molecule has 0 aliphatic carbocycles. The van der Waals surface area contributed by atoms with Gasteiger partial charge in [0.05, 0.1) is 19.9 Å². The number of benzene rings is 1. The summed E-state index contributed by atoms with van der Waals surface area (Å²) in [4.78, 5) is 23.8. The molecule has 2 heterocycles. The highest BCUT2D eigenvalue weighted by Gasteiger charge is 2.06. The van der Waals surface area contributed by atoms with Gasteiger partial charge in [-0.2, -0.15) is 5.10 Å². The zero-order chi connectivity index (χ0) is 19.1. The first kappa shape index (κ1) is 18.2. The molecule has 0 atom stereocenters. The summed E-state index contributed by atoms with van der Waals surface area (Å²) in [7, 11) is 1.60. The first-order chi connectivity index (χ1) is 13.2. The van der Waals surface area contributed by atoms with E-state index >= 15 is 0 Å². The van der Waals surface area contributed by atoms with Gasteiger partial charge < -0.3 is 14.5 Å². The minimum absolute atomic E-state index is 0.242. The Labute approximate surface area is 155 Å². The Bertz CT molecular complexity index is 973. The fourth-order valence-corrected chi connectivity index (χ4v) is 2.40. The van der Waals surface area contributed by atoms with Crippen LogP contribution in [-0.4, -0.2) is 29.3 Å². The Kier molecular flexibility index (Phi) is 5.84. The van der Waals surface area contributed by atoms with Gasteiger partial charge in [-0.3, -0.25) is 9.59 Å². The molecule has 0 saturated heterocycles. The molecule has 7 nitrogen and oxygen atoms in total. The highest BCUT2D eigenvalue weighted by molar-refractivity contribution is 5.91. The number of hydrogen-bond donors (Lipinski definition) is 1. The maximum atomic E-state index is 11.9. The summed E-state index contributed by atoms with van der Waals surface area (Å²) in [5, 5.41) is 6.98. The van der Waals surface area contributed by atoms with Crippen molar-refractivity contribution in [1.29, 1.82) is 0 Å². The SMILES string of the molecule is COc1ccc(/C=C/C(=O)NCCn2nc(-c3ccco3)ccc2=O)cc1. The molecule has 2 aromatic heterocycles. The summed E-state index contributed by atoms with van der Waals surface area (Å²) < 4.78 is 11.7. The molecule has 0 unspecified atom stereocenters. The molecule has 138 valence electrons. The molecule has 0 saturated carbocycles. The molecule has 3 aromatic rings. The monoisotopic (exact) mass is 365 g/mol. The maximum Gasteiger partial charge on any atom is 0.266 e. The topological polar surface area (TPSA) is 86.4 Å². The van der Waals surface area contributed by atoms with Gasteiger partial charge in [0, 0.05) is 18.7 Å². The lowest BCUT2D eigenvalue weighted by Crippen LogP contribution is -2.31. The van der Waals surface area contributed by atoms with Gasteiger partial charge in [0.1, 0.15) is 11.4 Å². The van der Waals surface area contributed by atoms with Crippen LogP contribution >= 0.6 is 0 Å². The van der Waals surface area contributed by atoms with Crippen molar-refractivity contribution in [2.24, 2.45) is 0 Å². The molecule has 3 rings (SSSR count). The molecule has 27 heavy (non-hydrogen) atoms. The highest BCUT2D eigenvalue weighted by Crippen LogP contribution is 2.15. The number of furan rings is 1. The summed E-state index contributed by atoms with van der Waals surface area (Å²) >= 11 is 0. The van der Waals surface area contributed by atoms with Gasteiger partial charge in [0.15, 0.2) is 5.76 Å². The molecular formula is C20H19N3O4. The molecule has 0 spiro atoms. The van der Waals surface area contributed by atoms with Crippen molar-refractivity contribution in [2.45, 2.75) is 6.54 Å². The number of hydrogen-bond acceptors (Lipinski definition) is 5. The van der Waals surface area contributed by atoms with E-state index in [-0.39, 0.29) is 24.6 Å². The van der Waals surface area contributed by atoms with E-state index in [1.807, 2.05) is 24.3 Å². The van der Waals surface area contributed by atoms with Crippen LogP contribution in [0.2, 0.25) is 0 Å². The summed E-state index contributed by atoms with van der Waals surface area (Å²) in [6.07, 6.45) is 4.69. The Morgan fingerprint density at radius 1 is 1.22 bits per heavy atom. The molecule has 0 aliphatic heterocycles. The number of amides is 1. The molecular weight excluding hydrogens is 346 g/mol. The van der Waals surface area contributed by atoms with E-state index in [9.17, 15) is 9.59 Å². The Morgan fingerprint density at radius 3 is 2.74 bits per heavy atom. The minimum atomic E-state index is -0.249. The quantitative estimate of drug-likeness (QED) is 0.650. The van der Waals surface area contributed by atoms with Crippen LogP contribution < -0.4 is 15.6 Å². The van der Waals surface area contributed by atoms with Crippen LogP contribution in [0.3, 0.4) is 0 Å². The molecule has 0 radical (unpaired) electrons. The molecule has 1 aromatic carbocycles. The van der Waals surface area contributed by atoms with Crippen molar-refractivity contribution in [1.82, 2.24) is 15.1 Å². The van der Waals surface area contributed by atoms with Gasteiger partial charge in [-0.1, -0.05) is 12.1 Å². The average molecular weight is 365 g/mol. The van der Waals surface area contributed by atoms with E-state index in [0.717, 1.165) is 11.3 Å². The smallest absolute Gasteiger partial charge is 0.266 e. The largest absolute Gasteiger partial charge is 0.497 e. The van der Waals surface area contributed by atoms with Crippen LogP contribution in [0.1, 0.15) is 5.56 Å². The third-order valence-corrected chi connectivity index (χ3v) is 3.81. The van der Waals surface area contributed by atoms with Crippen molar-refractivity contribution >= 4 is 12.0 Å². The highest BCUT2D eigenvalue weighted by atomic mass is 16.5. The Balaban J connectivity index is 1.54. The number of carbonyl (C=O) groups excluding carboxylic acids is 1. The van der Waals surface area contributed by atoms with Crippen molar-refractivity contribution in [3.8, 4) is 17.2 Å². The zero-order valence-electron chi connectivity index (χ0n) is 14.8. The second-order valence-electron chi connectivity index (χ2n) is 5.65. The summed E-state index contributed by atoms with van der Waals surface area (Å²) in [6.45, 7) is 0.537. The average Bonchev–Trinajstić information content (AvgIpc) is 3.23. The van der Waals surface area contributed by atoms with Gasteiger partial charge in [0.2, 0.25) is 5.91 Å². The van der Waals surface area contributed by atoms with E-state index in [0.29, 0.717) is 11.5 Å². The van der Waals surface area contributed by atoms with E-state index in [1.165, 1.54) is 16.8 Å². The van der Waals surface area contributed by atoms with E-state index < -0.39 is 0 Å². The lowest BCUT2D eigenvalue weighted by atomic mass is 10.2. The molecule has 1 amide bonds. The summed E-state index contributed by atoms with van der Waals surface area (Å²) in [6, 6.07) is 13.9. The fraction of sp³-hybridized carbons (Fsp3) is 0.150. The van der Waals surface area contributed by atoms with Crippen molar-refractivity contribution < 1.29 is 13.9 Å². The maximum absolute atomic E-state index is 11.9. The Morgan fingerprint density at radius 2 is 2.04 bits per heavy atom. The van der Waals surface area contributed by atoms with Gasteiger partial charge in [-0.25, -0.2) is 4.68 Å². The summed E-state index contributed by atoms with van der Waals surface area (Å²) in [5.41, 5.74) is 1.20. The summed E-state index contributed by atoms with van der Waals surface area (Å²) in [5.74, 6) is 1.09. The first-order valence-electron chi connectivity index (χ1n) is 8.38. The number of nitrogens with zero attached hydrogens (tertiary/aromatic N) is 2. The van der Waals surface area contributed by atoms with Crippen molar-refractivity contribution in [3.63, 3.8) is 0 Å². The number of methoxy groups -OCH3 is 1. The molecule has 0 fully saturated rings. The normalized spacial score (nSPS) is 10.9. The lowest BCUT2D eigenvalue weighted by Gasteiger charge is -2.06. The van der Waals surface area contributed by atoms with E-state index in [2.05, 4.69) is 10.4 Å². The molecule has 0 aliphatic rings. The molecule has 7 heteroatoms. The number of carbonyl (C=O) groups is 1. The number of ether oxygens (including phenoxy) is 1. The molecule has 1 N–H and O–H groups in total. The second-order valence-corrected chi connectivity index (χ2v) is 5.65. The van der Waals surface area contributed by atoms with Gasteiger partial charge in [-0.15, -0.1) is 0 Å². The molecule has 0 bridgehead atoms. The van der Waals surface area contributed by atoms with Gasteiger partial charge in [0.25, 0.3) is 5.56 Å². The van der Waals surface area contributed by atoms with Gasteiger partial charge in [-0.05, 0) is 42.0 Å². The van der Waals surface area contributed by atoms with Crippen LogP contribution in [0, 0.1) is 0 Å². The van der Waals surface area contributed by atoms with E-state index in [4.69, 9.17) is 9.15 Å². The van der Waals surface area contributed by atoms with Crippen LogP contribution in [0.4, 0.5) is 0 Å². The third-order valence-electron chi connectivity index (χ3n) is 3.81. The van der Waals surface area contributed by atoms with Crippen LogP contribution in [0.5, 0.6) is 5.75 Å². The lowest BCUT2D eigenvalue weighted by molar-refractivity contribution is -0.116. The van der Waals surface area contributed by atoms with Crippen molar-refractivity contribution in [2.75, 3.05) is 13.7 Å². The fourth-order valence-electron chi connectivity index (χ4n) is 2.40. The number of aromatic nitrogens is 2. The van der Waals surface area contributed by atoms with Crippen LogP contribution in [0.25, 0.3) is 17.5 Å². The van der Waals surface area contributed by atoms with Crippen molar-refractivity contribution in [3.05, 3.63) is 76.8 Å². The first-order valence-corrected chi connectivity index (χ1v) is 8.38. The third kappa shape index (κ3) is 4.94. The predicted octanol–water partition coefficient (Wildman–Crippen LogP) is 2.34. The minimum Gasteiger partial charge on any atom is -0.497 e.